The van der Waals surface area contributed by atoms with Gasteiger partial charge in [-0.25, -0.2) is 0 Å². The first-order valence-corrected chi connectivity index (χ1v) is 6.44. The molecule has 0 aliphatic rings. The molecule has 0 aliphatic carbocycles. The Hall–Kier alpha value is 0.140. The molecule has 0 atom stereocenters. The van der Waals surface area contributed by atoms with Gasteiger partial charge >= 0.3 is 0 Å². The minimum absolute atomic E-state index is 0.0551. The molecule has 4 heteroatoms. The predicted octanol–water partition coefficient (Wildman–Crippen LogP) is 4.44. The maximum absolute atomic E-state index is 6.03. The standard InChI is InChI=1S/C11H14BrClOS/c1-11(2,7-15)6-14-10-4-3-8(12)5-9(10)13/h3-5,15H,6-7H2,1-2H3. The van der Waals surface area contributed by atoms with Gasteiger partial charge in [0.15, 0.2) is 0 Å². The minimum atomic E-state index is 0.0551. The lowest BCUT2D eigenvalue weighted by molar-refractivity contribution is 0.202. The van der Waals surface area contributed by atoms with E-state index in [1.54, 1.807) is 0 Å². The highest BCUT2D eigenvalue weighted by Gasteiger charge is 2.17. The summed E-state index contributed by atoms with van der Waals surface area (Å²) in [6.45, 7) is 4.82. The summed E-state index contributed by atoms with van der Waals surface area (Å²) in [5, 5.41) is 0.624. The summed E-state index contributed by atoms with van der Waals surface area (Å²) in [4.78, 5) is 0. The van der Waals surface area contributed by atoms with Gasteiger partial charge in [-0.15, -0.1) is 0 Å². The average Bonchev–Trinajstić information content (AvgIpc) is 2.16. The Balaban J connectivity index is 2.66. The quantitative estimate of drug-likeness (QED) is 0.809. The molecule has 0 radical (unpaired) electrons. The van der Waals surface area contributed by atoms with Crippen molar-refractivity contribution < 1.29 is 4.74 Å². The van der Waals surface area contributed by atoms with Gasteiger partial charge < -0.3 is 4.74 Å². The molecule has 0 heterocycles. The first kappa shape index (κ1) is 13.2. The average molecular weight is 310 g/mol. The van der Waals surface area contributed by atoms with E-state index in [1.165, 1.54) is 0 Å². The van der Waals surface area contributed by atoms with Gasteiger partial charge in [0.25, 0.3) is 0 Å². The smallest absolute Gasteiger partial charge is 0.137 e. The summed E-state index contributed by atoms with van der Waals surface area (Å²) < 4.78 is 6.60. The Kier molecular flexibility index (Phi) is 4.81. The Morgan fingerprint density at radius 1 is 1.47 bits per heavy atom. The van der Waals surface area contributed by atoms with Gasteiger partial charge in [0, 0.05) is 9.89 Å². The fourth-order valence-corrected chi connectivity index (χ4v) is 1.73. The second-order valence-electron chi connectivity index (χ2n) is 4.19. The van der Waals surface area contributed by atoms with Gasteiger partial charge in [-0.1, -0.05) is 41.4 Å². The molecule has 0 aromatic heterocycles. The van der Waals surface area contributed by atoms with Crippen molar-refractivity contribution in [3.05, 3.63) is 27.7 Å². The number of ether oxygens (including phenoxy) is 1. The highest BCUT2D eigenvalue weighted by Crippen LogP contribution is 2.29. The number of hydrogen-bond acceptors (Lipinski definition) is 2. The number of halogens is 2. The summed E-state index contributed by atoms with van der Waals surface area (Å²) in [5.41, 5.74) is 0.0551. The lowest BCUT2D eigenvalue weighted by Gasteiger charge is -2.22. The number of benzene rings is 1. The van der Waals surface area contributed by atoms with E-state index < -0.39 is 0 Å². The van der Waals surface area contributed by atoms with Crippen LogP contribution in [0.2, 0.25) is 5.02 Å². The van der Waals surface area contributed by atoms with Crippen LogP contribution in [-0.2, 0) is 0 Å². The Morgan fingerprint density at radius 2 is 2.13 bits per heavy atom. The Morgan fingerprint density at radius 3 is 2.67 bits per heavy atom. The lowest BCUT2D eigenvalue weighted by atomic mass is 9.98. The zero-order valence-electron chi connectivity index (χ0n) is 8.76. The monoisotopic (exact) mass is 308 g/mol. The molecule has 1 aromatic carbocycles. The van der Waals surface area contributed by atoms with Gasteiger partial charge in [0.2, 0.25) is 0 Å². The van der Waals surface area contributed by atoms with E-state index in [4.69, 9.17) is 16.3 Å². The lowest BCUT2D eigenvalue weighted by Crippen LogP contribution is -2.23. The molecule has 1 nitrogen and oxygen atoms in total. The maximum Gasteiger partial charge on any atom is 0.137 e. The summed E-state index contributed by atoms with van der Waals surface area (Å²) in [5.74, 6) is 1.50. The molecular formula is C11H14BrClOS. The van der Waals surface area contributed by atoms with Gasteiger partial charge in [-0.3, -0.25) is 0 Å². The molecule has 1 rings (SSSR count). The maximum atomic E-state index is 6.03. The largest absolute Gasteiger partial charge is 0.491 e. The fraction of sp³-hybridized carbons (Fsp3) is 0.455. The van der Waals surface area contributed by atoms with Crippen molar-refractivity contribution in [3.63, 3.8) is 0 Å². The summed E-state index contributed by atoms with van der Waals surface area (Å²) in [6.07, 6.45) is 0. The Bertz CT molecular complexity index is 341. The van der Waals surface area contributed by atoms with E-state index in [0.717, 1.165) is 16.0 Å². The van der Waals surface area contributed by atoms with Crippen LogP contribution in [0.3, 0.4) is 0 Å². The number of rotatable bonds is 4. The van der Waals surface area contributed by atoms with Crippen LogP contribution in [0.1, 0.15) is 13.8 Å². The first-order valence-electron chi connectivity index (χ1n) is 4.63. The van der Waals surface area contributed by atoms with Crippen molar-refractivity contribution in [3.8, 4) is 5.75 Å². The van der Waals surface area contributed by atoms with Crippen molar-refractivity contribution in [2.24, 2.45) is 5.41 Å². The van der Waals surface area contributed by atoms with E-state index in [2.05, 4.69) is 42.4 Å². The molecule has 0 saturated carbocycles. The number of thiol groups is 1. The van der Waals surface area contributed by atoms with Gasteiger partial charge in [-0.05, 0) is 24.0 Å². The molecule has 0 aliphatic heterocycles. The van der Waals surface area contributed by atoms with E-state index in [1.807, 2.05) is 18.2 Å². The van der Waals surface area contributed by atoms with Crippen LogP contribution >= 0.6 is 40.2 Å². The topological polar surface area (TPSA) is 9.23 Å². The van der Waals surface area contributed by atoms with Crippen LogP contribution in [0.5, 0.6) is 5.75 Å². The van der Waals surface area contributed by atoms with E-state index in [-0.39, 0.29) is 5.41 Å². The third-order valence-corrected chi connectivity index (χ3v) is 3.59. The molecule has 0 amide bonds. The van der Waals surface area contributed by atoms with E-state index in [0.29, 0.717) is 11.6 Å². The first-order chi connectivity index (χ1) is 6.94. The van der Waals surface area contributed by atoms with Crippen LogP contribution in [0.15, 0.2) is 22.7 Å². The van der Waals surface area contributed by atoms with Gasteiger partial charge in [0.1, 0.15) is 5.75 Å². The van der Waals surface area contributed by atoms with E-state index in [9.17, 15) is 0 Å². The summed E-state index contributed by atoms with van der Waals surface area (Å²) >= 11 is 13.6. The van der Waals surface area contributed by atoms with Crippen molar-refractivity contribution >= 4 is 40.2 Å². The second-order valence-corrected chi connectivity index (χ2v) is 5.82. The summed E-state index contributed by atoms with van der Waals surface area (Å²) in [7, 11) is 0. The van der Waals surface area contributed by atoms with Crippen LogP contribution in [-0.4, -0.2) is 12.4 Å². The van der Waals surface area contributed by atoms with Crippen molar-refractivity contribution in [1.82, 2.24) is 0 Å². The van der Waals surface area contributed by atoms with Crippen molar-refractivity contribution in [1.29, 1.82) is 0 Å². The van der Waals surface area contributed by atoms with Crippen LogP contribution in [0, 0.1) is 5.41 Å². The molecule has 0 spiro atoms. The predicted molar refractivity (Wildman–Crippen MR) is 72.3 cm³/mol. The number of hydrogen-bond donors (Lipinski definition) is 1. The normalized spacial score (nSPS) is 11.5. The minimum Gasteiger partial charge on any atom is -0.491 e. The fourth-order valence-electron chi connectivity index (χ4n) is 0.911. The molecule has 0 bridgehead atoms. The Labute approximate surface area is 110 Å². The highest BCUT2D eigenvalue weighted by atomic mass is 79.9. The van der Waals surface area contributed by atoms with Gasteiger partial charge in [0.05, 0.1) is 11.6 Å². The highest BCUT2D eigenvalue weighted by molar-refractivity contribution is 9.10. The SMILES string of the molecule is CC(C)(CS)COc1ccc(Br)cc1Cl. The molecule has 0 fully saturated rings. The molecule has 0 saturated heterocycles. The van der Waals surface area contributed by atoms with Crippen molar-refractivity contribution in [2.45, 2.75) is 13.8 Å². The van der Waals surface area contributed by atoms with Crippen LogP contribution < -0.4 is 4.74 Å². The molecule has 1 aromatic rings. The molecular weight excluding hydrogens is 296 g/mol. The third-order valence-electron chi connectivity index (χ3n) is 1.94. The van der Waals surface area contributed by atoms with Crippen LogP contribution in [0.4, 0.5) is 0 Å². The molecule has 15 heavy (non-hydrogen) atoms. The molecule has 84 valence electrons. The second kappa shape index (κ2) is 5.46. The van der Waals surface area contributed by atoms with E-state index >= 15 is 0 Å². The summed E-state index contributed by atoms with van der Waals surface area (Å²) in [6, 6.07) is 5.60. The molecule has 0 N–H and O–H groups in total. The van der Waals surface area contributed by atoms with Crippen LogP contribution in [0.25, 0.3) is 0 Å². The van der Waals surface area contributed by atoms with Crippen molar-refractivity contribution in [2.75, 3.05) is 12.4 Å². The zero-order valence-corrected chi connectivity index (χ0v) is 12.0. The zero-order chi connectivity index (χ0) is 11.5. The van der Waals surface area contributed by atoms with Gasteiger partial charge in [-0.2, -0.15) is 12.6 Å². The third kappa shape index (κ3) is 4.25. The molecule has 0 unspecified atom stereocenters.